The molecule has 0 spiro atoms. The van der Waals surface area contributed by atoms with Gasteiger partial charge in [-0.1, -0.05) is 43.3 Å². The van der Waals surface area contributed by atoms with E-state index in [2.05, 4.69) is 11.4 Å². The number of allylic oxidation sites excluding steroid dienone is 1. The summed E-state index contributed by atoms with van der Waals surface area (Å²) in [5.74, 6) is -0.0967. The summed E-state index contributed by atoms with van der Waals surface area (Å²) in [5.41, 5.74) is 10.1. The molecule has 2 amide bonds. The molecule has 4 atom stereocenters. The highest BCUT2D eigenvalue weighted by Gasteiger charge is 2.40. The van der Waals surface area contributed by atoms with Gasteiger partial charge in [-0.3, -0.25) is 14.5 Å². The number of carbonyl (C=O) groups is 2. The van der Waals surface area contributed by atoms with Gasteiger partial charge in [0.1, 0.15) is 0 Å². The van der Waals surface area contributed by atoms with Gasteiger partial charge in [0, 0.05) is 12.0 Å². The van der Waals surface area contributed by atoms with Gasteiger partial charge in [-0.15, -0.1) is 0 Å². The van der Waals surface area contributed by atoms with Crippen LogP contribution in [0.3, 0.4) is 0 Å². The van der Waals surface area contributed by atoms with Crippen LogP contribution in [0.1, 0.15) is 84.2 Å². The Balaban J connectivity index is 1.58. The van der Waals surface area contributed by atoms with Gasteiger partial charge in [-0.25, -0.2) is 4.99 Å². The van der Waals surface area contributed by atoms with Crippen molar-refractivity contribution in [2.45, 2.75) is 69.7 Å². The topological polar surface area (TPSA) is 108 Å². The second-order valence-electron chi connectivity index (χ2n) is 9.91. The molecule has 35 heavy (non-hydrogen) atoms. The molecule has 2 aromatic carbocycles. The van der Waals surface area contributed by atoms with Crippen molar-refractivity contribution in [3.8, 4) is 0 Å². The SMILES string of the molecule is CC[C@@]12CC/C=C/c3ccc4c(c3)[C@@H](NC(=O)c3cccc(c3)[C@@H](C)N(C(=O)C1)C(N)=N2)[C@H](O)C4. The molecule has 3 aliphatic heterocycles. The average molecular weight is 473 g/mol. The van der Waals surface area contributed by atoms with Crippen molar-refractivity contribution in [2.75, 3.05) is 0 Å². The molecule has 182 valence electrons. The van der Waals surface area contributed by atoms with E-state index in [1.807, 2.05) is 44.2 Å². The lowest BCUT2D eigenvalue weighted by Crippen LogP contribution is -2.52. The third-order valence-corrected chi connectivity index (χ3v) is 7.72. The Labute approximate surface area is 205 Å². The minimum Gasteiger partial charge on any atom is -0.390 e. The van der Waals surface area contributed by atoms with Crippen molar-refractivity contribution >= 4 is 23.8 Å². The van der Waals surface area contributed by atoms with E-state index in [9.17, 15) is 14.7 Å². The van der Waals surface area contributed by atoms with Gasteiger partial charge in [-0.2, -0.15) is 0 Å². The van der Waals surface area contributed by atoms with E-state index in [1.165, 1.54) is 0 Å². The molecule has 0 aromatic heterocycles. The third-order valence-electron chi connectivity index (χ3n) is 7.72. The van der Waals surface area contributed by atoms with Gasteiger partial charge >= 0.3 is 0 Å². The van der Waals surface area contributed by atoms with Crippen LogP contribution in [0.15, 0.2) is 53.5 Å². The van der Waals surface area contributed by atoms with Gasteiger partial charge in [-0.05, 0) is 66.6 Å². The monoisotopic (exact) mass is 472 g/mol. The smallest absolute Gasteiger partial charge is 0.251 e. The Bertz CT molecular complexity index is 1240. The molecule has 4 aliphatic rings. The maximum absolute atomic E-state index is 13.3. The fraction of sp³-hybridized carbons (Fsp3) is 0.393. The molecule has 0 saturated carbocycles. The van der Waals surface area contributed by atoms with E-state index in [-0.39, 0.29) is 23.8 Å². The number of guanidine groups is 1. The maximum atomic E-state index is 13.3. The Morgan fingerprint density at radius 3 is 2.83 bits per heavy atom. The summed E-state index contributed by atoms with van der Waals surface area (Å²) in [6, 6.07) is 12.5. The van der Waals surface area contributed by atoms with Crippen LogP contribution < -0.4 is 11.1 Å². The summed E-state index contributed by atoms with van der Waals surface area (Å²) >= 11 is 0. The van der Waals surface area contributed by atoms with Crippen molar-refractivity contribution in [3.05, 3.63) is 76.4 Å². The van der Waals surface area contributed by atoms with Crippen LogP contribution in [0.25, 0.3) is 6.08 Å². The zero-order chi connectivity index (χ0) is 24.7. The number of rotatable bonds is 1. The number of benzene rings is 2. The summed E-state index contributed by atoms with van der Waals surface area (Å²) < 4.78 is 0. The van der Waals surface area contributed by atoms with Gasteiger partial charge in [0.25, 0.3) is 5.91 Å². The van der Waals surface area contributed by atoms with Crippen molar-refractivity contribution in [2.24, 2.45) is 10.7 Å². The molecule has 7 heteroatoms. The molecule has 1 aliphatic carbocycles. The van der Waals surface area contributed by atoms with Crippen LogP contribution in [-0.4, -0.2) is 39.4 Å². The molecule has 0 radical (unpaired) electrons. The van der Waals surface area contributed by atoms with Crippen molar-refractivity contribution < 1.29 is 14.7 Å². The Morgan fingerprint density at radius 1 is 1.23 bits per heavy atom. The van der Waals surface area contributed by atoms with Crippen molar-refractivity contribution in [1.29, 1.82) is 0 Å². The first-order chi connectivity index (χ1) is 16.8. The van der Waals surface area contributed by atoms with Crippen molar-refractivity contribution in [3.63, 3.8) is 0 Å². The fourth-order valence-electron chi connectivity index (χ4n) is 5.57. The molecule has 6 rings (SSSR count). The van der Waals surface area contributed by atoms with Crippen molar-refractivity contribution in [1.82, 2.24) is 10.2 Å². The van der Waals surface area contributed by atoms with Gasteiger partial charge in [0.05, 0.1) is 30.1 Å². The molecule has 0 unspecified atom stereocenters. The van der Waals surface area contributed by atoms with E-state index in [0.717, 1.165) is 41.5 Å². The normalized spacial score (nSPS) is 29.3. The summed E-state index contributed by atoms with van der Waals surface area (Å²) in [6.45, 7) is 3.95. The summed E-state index contributed by atoms with van der Waals surface area (Å²) in [5, 5.41) is 13.7. The summed E-state index contributed by atoms with van der Waals surface area (Å²) in [6.07, 6.45) is 6.49. The summed E-state index contributed by atoms with van der Waals surface area (Å²) in [7, 11) is 0. The molecule has 0 saturated heterocycles. The number of carbonyl (C=O) groups excluding carboxylic acids is 2. The largest absolute Gasteiger partial charge is 0.390 e. The number of aliphatic hydroxyl groups excluding tert-OH is 1. The van der Waals surface area contributed by atoms with Crippen LogP contribution in [0.2, 0.25) is 0 Å². The lowest BCUT2D eigenvalue weighted by molar-refractivity contribution is -0.131. The van der Waals surface area contributed by atoms with E-state index in [0.29, 0.717) is 18.4 Å². The minimum absolute atomic E-state index is 0.0545. The highest BCUT2D eigenvalue weighted by atomic mass is 16.3. The molecular formula is C28H32N4O3. The second kappa shape index (κ2) is 8.96. The Kier molecular flexibility index (Phi) is 5.97. The zero-order valence-corrected chi connectivity index (χ0v) is 20.2. The summed E-state index contributed by atoms with van der Waals surface area (Å²) in [4.78, 5) is 32.9. The minimum atomic E-state index is -0.680. The Morgan fingerprint density at radius 2 is 2.06 bits per heavy atom. The van der Waals surface area contributed by atoms with Gasteiger partial charge in [0.2, 0.25) is 5.91 Å². The lowest BCUT2D eigenvalue weighted by Gasteiger charge is -2.39. The second-order valence-corrected chi connectivity index (χ2v) is 9.91. The van der Waals surface area contributed by atoms with Crippen LogP contribution in [0.4, 0.5) is 0 Å². The highest BCUT2D eigenvalue weighted by molar-refractivity contribution is 6.00. The van der Waals surface area contributed by atoms with E-state index < -0.39 is 17.7 Å². The molecule has 3 heterocycles. The first-order valence-corrected chi connectivity index (χ1v) is 12.4. The number of nitrogens with two attached hydrogens (primary N) is 1. The van der Waals surface area contributed by atoms with E-state index >= 15 is 0 Å². The zero-order valence-electron chi connectivity index (χ0n) is 20.2. The van der Waals surface area contributed by atoms with Crippen LogP contribution in [0, 0.1) is 0 Å². The fourth-order valence-corrected chi connectivity index (χ4v) is 5.57. The number of aliphatic hydroxyl groups is 1. The lowest BCUT2D eigenvalue weighted by atomic mass is 9.85. The number of fused-ring (bicyclic) bond motifs is 4. The number of aliphatic imine (C=N–C) groups is 1. The van der Waals surface area contributed by atoms with E-state index in [4.69, 9.17) is 10.7 Å². The highest BCUT2D eigenvalue weighted by Crippen LogP contribution is 2.36. The first-order valence-electron chi connectivity index (χ1n) is 12.4. The van der Waals surface area contributed by atoms with Gasteiger partial charge in [0.15, 0.2) is 5.96 Å². The predicted octanol–water partition coefficient (Wildman–Crippen LogP) is 3.64. The molecular weight excluding hydrogens is 440 g/mol. The predicted molar refractivity (Wildman–Crippen MR) is 136 cm³/mol. The molecule has 0 fully saturated rings. The Hall–Kier alpha value is -3.45. The number of nitrogens with one attached hydrogen (secondary N) is 1. The molecule has 4 N–H and O–H groups in total. The van der Waals surface area contributed by atoms with Crippen LogP contribution in [-0.2, 0) is 11.2 Å². The van der Waals surface area contributed by atoms with Crippen LogP contribution >= 0.6 is 0 Å². The number of amides is 2. The molecule has 2 aromatic rings. The van der Waals surface area contributed by atoms with Gasteiger partial charge < -0.3 is 16.2 Å². The quantitative estimate of drug-likeness (QED) is 0.589. The number of hydrogen-bond acceptors (Lipinski definition) is 5. The van der Waals surface area contributed by atoms with E-state index in [1.54, 1.807) is 23.1 Å². The number of hydrogen-bond donors (Lipinski definition) is 3. The molecule has 6 bridgehead atoms. The number of nitrogens with zero attached hydrogens (tertiary/aromatic N) is 2. The maximum Gasteiger partial charge on any atom is 0.251 e. The first kappa shape index (κ1) is 23.3. The van der Waals surface area contributed by atoms with Crippen LogP contribution in [0.5, 0.6) is 0 Å². The molecule has 7 nitrogen and oxygen atoms in total. The third kappa shape index (κ3) is 4.25. The average Bonchev–Trinajstić information content (AvgIpc) is 3.15. The standard InChI is InChI=1S/C28H32N4O3/c1-3-28-12-5-4-7-18-10-11-20-15-23(33)25(22(20)13-18)30-26(35)21-9-6-8-19(14-21)17(2)32(24(34)16-28)27(29)31-28/h4,6-11,13-14,17,23,25,33H,3,5,12,15-16H2,1-2H3,(H2,29,31)(H,30,35)/b7-4+/t17-,23-,25-,28-/m1/s1.